The number of ether oxygens (including phenoxy) is 1. The summed E-state index contributed by atoms with van der Waals surface area (Å²) in [6, 6.07) is 2.14. The van der Waals surface area contributed by atoms with E-state index in [0.717, 1.165) is 24.1 Å². The molecule has 3 N–H and O–H groups in total. The maximum absolute atomic E-state index is 14.2. The first-order chi connectivity index (χ1) is 12.3. The van der Waals surface area contributed by atoms with Crippen molar-refractivity contribution in [2.45, 2.75) is 6.42 Å². The molecule has 1 aliphatic heterocycles. The number of carbonyl (C=O) groups excluding carboxylic acids is 2. The first kappa shape index (κ1) is 19.3. The number of amides is 1. The Labute approximate surface area is 146 Å². The number of rotatable bonds is 7. The van der Waals surface area contributed by atoms with Crippen molar-refractivity contribution in [2.75, 3.05) is 32.1 Å². The van der Waals surface area contributed by atoms with Crippen LogP contribution in [0.2, 0.25) is 0 Å². The summed E-state index contributed by atoms with van der Waals surface area (Å²) in [5.74, 6) is -5.59. The number of carbonyl (C=O) groups is 3. The minimum Gasteiger partial charge on any atom is -0.481 e. The minimum atomic E-state index is -1.38. The Bertz CT molecular complexity index is 793. The number of esters is 1. The van der Waals surface area contributed by atoms with E-state index in [1.807, 2.05) is 0 Å². The van der Waals surface area contributed by atoms with Gasteiger partial charge in [0.25, 0.3) is 5.91 Å². The zero-order valence-electron chi connectivity index (χ0n) is 13.7. The molecular weight excluding hydrogens is 354 g/mol. The highest BCUT2D eigenvalue weighted by atomic mass is 19.2. The van der Waals surface area contributed by atoms with Crippen LogP contribution in [0.4, 0.5) is 14.5 Å². The van der Waals surface area contributed by atoms with Gasteiger partial charge in [-0.2, -0.15) is 0 Å². The number of nitrogens with one attached hydrogen (secondary N) is 1. The number of halogens is 2. The number of carboxylic acids is 1. The molecule has 0 aromatic heterocycles. The maximum Gasteiger partial charge on any atom is 0.337 e. The lowest BCUT2D eigenvalue weighted by atomic mass is 10.1. The van der Waals surface area contributed by atoms with Gasteiger partial charge < -0.3 is 25.2 Å². The average molecular weight is 370 g/mol. The van der Waals surface area contributed by atoms with Crippen LogP contribution in [-0.2, 0) is 25.5 Å². The van der Waals surface area contributed by atoms with Crippen LogP contribution in [0.3, 0.4) is 0 Å². The predicted molar refractivity (Wildman–Crippen MR) is 84.0 cm³/mol. The Morgan fingerprint density at radius 3 is 2.58 bits per heavy atom. The van der Waals surface area contributed by atoms with Crippen LogP contribution < -0.4 is 5.32 Å². The fourth-order valence-electron chi connectivity index (χ4n) is 2.47. The van der Waals surface area contributed by atoms with Crippen LogP contribution in [0.25, 0.3) is 0 Å². The van der Waals surface area contributed by atoms with E-state index in [0.29, 0.717) is 0 Å². The van der Waals surface area contributed by atoms with E-state index in [1.54, 1.807) is 0 Å². The highest BCUT2D eigenvalue weighted by molar-refractivity contribution is 6.08. The quantitative estimate of drug-likeness (QED) is 0.590. The molecule has 2 rings (SSSR count). The molecule has 0 saturated heterocycles. The zero-order chi connectivity index (χ0) is 19.4. The standard InChI is InChI=1S/C16H16F2N2O6/c1-26-16(25)9-7-20(4-5-21)15(24)14(9)19-10-3-2-8(6-11(22)23)12(17)13(10)18/h2-3,19,21H,4-7H2,1H3,(H,22,23). The number of hydrogen-bond acceptors (Lipinski definition) is 6. The summed E-state index contributed by atoms with van der Waals surface area (Å²) < 4.78 is 32.8. The number of nitrogens with zero attached hydrogens (tertiary/aromatic N) is 1. The number of β-amino-alcohol motifs (C(OH)–C–C–N with tert-alkyl or cyclic N) is 1. The molecule has 140 valence electrons. The third kappa shape index (κ3) is 3.80. The first-order valence-corrected chi connectivity index (χ1v) is 7.47. The molecule has 1 heterocycles. The van der Waals surface area contributed by atoms with E-state index in [2.05, 4.69) is 10.1 Å². The lowest BCUT2D eigenvalue weighted by Gasteiger charge is -2.15. The van der Waals surface area contributed by atoms with Gasteiger partial charge in [-0.15, -0.1) is 0 Å². The molecule has 0 fully saturated rings. The van der Waals surface area contributed by atoms with Crippen molar-refractivity contribution in [2.24, 2.45) is 0 Å². The monoisotopic (exact) mass is 370 g/mol. The molecule has 8 nitrogen and oxygen atoms in total. The highest BCUT2D eigenvalue weighted by Gasteiger charge is 2.35. The average Bonchev–Trinajstić information content (AvgIpc) is 2.90. The first-order valence-electron chi connectivity index (χ1n) is 7.47. The van der Waals surface area contributed by atoms with Gasteiger partial charge in [0.05, 0.1) is 37.9 Å². The number of aliphatic hydroxyl groups is 1. The summed E-state index contributed by atoms with van der Waals surface area (Å²) in [6.07, 6.45) is -0.706. The van der Waals surface area contributed by atoms with Gasteiger partial charge in [0, 0.05) is 12.1 Å². The molecule has 0 unspecified atom stereocenters. The van der Waals surface area contributed by atoms with Gasteiger partial charge in [0.2, 0.25) is 0 Å². The van der Waals surface area contributed by atoms with Crippen LogP contribution in [0.15, 0.2) is 23.4 Å². The third-order valence-electron chi connectivity index (χ3n) is 3.72. The summed E-state index contributed by atoms with van der Waals surface area (Å²) >= 11 is 0. The second-order valence-corrected chi connectivity index (χ2v) is 5.39. The van der Waals surface area contributed by atoms with Crippen LogP contribution in [0.5, 0.6) is 0 Å². The van der Waals surface area contributed by atoms with Gasteiger partial charge in [0.15, 0.2) is 11.6 Å². The maximum atomic E-state index is 14.2. The van der Waals surface area contributed by atoms with E-state index >= 15 is 0 Å². The number of anilines is 1. The second kappa shape index (κ2) is 7.91. The molecule has 26 heavy (non-hydrogen) atoms. The van der Waals surface area contributed by atoms with Gasteiger partial charge in [-0.3, -0.25) is 9.59 Å². The van der Waals surface area contributed by atoms with E-state index in [-0.39, 0.29) is 36.5 Å². The molecule has 1 amide bonds. The van der Waals surface area contributed by atoms with Gasteiger partial charge in [-0.25, -0.2) is 13.6 Å². The molecule has 0 aliphatic carbocycles. The van der Waals surface area contributed by atoms with Crippen molar-refractivity contribution in [1.29, 1.82) is 0 Å². The number of benzene rings is 1. The van der Waals surface area contributed by atoms with Gasteiger partial charge in [-0.05, 0) is 6.07 Å². The third-order valence-corrected chi connectivity index (χ3v) is 3.72. The van der Waals surface area contributed by atoms with Crippen molar-refractivity contribution in [1.82, 2.24) is 4.90 Å². The number of hydrogen-bond donors (Lipinski definition) is 3. The SMILES string of the molecule is COC(=O)C1=C(Nc2ccc(CC(=O)O)c(F)c2F)C(=O)N(CCO)C1. The van der Waals surface area contributed by atoms with Gasteiger partial charge >= 0.3 is 11.9 Å². The Hall–Kier alpha value is -3.01. The Kier molecular flexibility index (Phi) is 5.88. The molecule has 0 bridgehead atoms. The molecule has 0 radical (unpaired) electrons. The molecule has 0 spiro atoms. The normalized spacial score (nSPS) is 14.0. The Balaban J connectivity index is 2.37. The smallest absolute Gasteiger partial charge is 0.337 e. The second-order valence-electron chi connectivity index (χ2n) is 5.39. The molecular formula is C16H16F2N2O6. The number of carboxylic acid groups (broad SMARTS) is 1. The molecule has 1 aromatic rings. The van der Waals surface area contributed by atoms with E-state index < -0.39 is 41.6 Å². The van der Waals surface area contributed by atoms with Crippen molar-refractivity contribution < 1.29 is 38.1 Å². The summed E-state index contributed by atoms with van der Waals surface area (Å²) in [5.41, 5.74) is -1.19. The fraction of sp³-hybridized carbons (Fsp3) is 0.312. The van der Waals surface area contributed by atoms with Crippen LogP contribution in [-0.4, -0.2) is 59.8 Å². The zero-order valence-corrected chi connectivity index (χ0v) is 13.7. The molecule has 1 aromatic carbocycles. The number of aliphatic carboxylic acids is 1. The fourth-order valence-corrected chi connectivity index (χ4v) is 2.47. The van der Waals surface area contributed by atoms with Crippen LogP contribution >= 0.6 is 0 Å². The Morgan fingerprint density at radius 1 is 1.31 bits per heavy atom. The summed E-state index contributed by atoms with van der Waals surface area (Å²) in [6.45, 7) is -0.561. The topological polar surface area (TPSA) is 116 Å². The molecule has 0 saturated carbocycles. The Morgan fingerprint density at radius 2 is 2.00 bits per heavy atom. The predicted octanol–water partition coefficient (Wildman–Crippen LogP) is 0.265. The molecule has 0 atom stereocenters. The highest BCUT2D eigenvalue weighted by Crippen LogP contribution is 2.26. The van der Waals surface area contributed by atoms with E-state index in [1.165, 1.54) is 0 Å². The van der Waals surface area contributed by atoms with Crippen molar-refractivity contribution in [3.05, 3.63) is 40.6 Å². The summed E-state index contributed by atoms with van der Waals surface area (Å²) in [5, 5.41) is 20.0. The number of methoxy groups -OCH3 is 1. The van der Waals surface area contributed by atoms with Crippen LogP contribution in [0, 0.1) is 11.6 Å². The minimum absolute atomic E-state index is 0.0566. The van der Waals surface area contributed by atoms with Crippen molar-refractivity contribution >= 4 is 23.5 Å². The summed E-state index contributed by atoms with van der Waals surface area (Å²) in [4.78, 5) is 36.0. The van der Waals surface area contributed by atoms with Crippen molar-refractivity contribution in [3.63, 3.8) is 0 Å². The van der Waals surface area contributed by atoms with Gasteiger partial charge in [0.1, 0.15) is 5.70 Å². The van der Waals surface area contributed by atoms with E-state index in [4.69, 9.17) is 10.2 Å². The van der Waals surface area contributed by atoms with Crippen LogP contribution in [0.1, 0.15) is 5.56 Å². The number of aliphatic hydroxyl groups excluding tert-OH is 1. The lowest BCUT2D eigenvalue weighted by molar-refractivity contribution is -0.137. The van der Waals surface area contributed by atoms with Crippen molar-refractivity contribution in [3.8, 4) is 0 Å². The van der Waals surface area contributed by atoms with Gasteiger partial charge in [-0.1, -0.05) is 6.07 Å². The molecule has 1 aliphatic rings. The largest absolute Gasteiger partial charge is 0.481 e. The molecule has 10 heteroatoms. The van der Waals surface area contributed by atoms with E-state index in [9.17, 15) is 23.2 Å². The summed E-state index contributed by atoms with van der Waals surface area (Å²) in [7, 11) is 1.10. The lowest BCUT2D eigenvalue weighted by Crippen LogP contribution is -2.31.